The van der Waals surface area contributed by atoms with Gasteiger partial charge >= 0.3 is 0 Å². The van der Waals surface area contributed by atoms with Gasteiger partial charge in [-0.1, -0.05) is 13.8 Å². The van der Waals surface area contributed by atoms with Gasteiger partial charge < -0.3 is 10.2 Å². The van der Waals surface area contributed by atoms with Crippen LogP contribution in [0.5, 0.6) is 0 Å². The molecular weight excluding hydrogens is 140 g/mol. The van der Waals surface area contributed by atoms with Crippen LogP contribution >= 0.6 is 0 Å². The van der Waals surface area contributed by atoms with Crippen LogP contribution in [-0.4, -0.2) is 15.8 Å². The molecule has 0 bridgehead atoms. The largest absolute Gasteiger partial charge is 0.462 e. The zero-order chi connectivity index (χ0) is 8.91. The fourth-order valence-corrected chi connectivity index (χ4v) is 0.753. The lowest BCUT2D eigenvalue weighted by Crippen LogP contribution is -2.21. The molecule has 0 aromatic heterocycles. The van der Waals surface area contributed by atoms with Gasteiger partial charge in [-0.05, 0) is 31.6 Å². The molecule has 0 aliphatic carbocycles. The maximum absolute atomic E-state index is 9.43. The van der Waals surface area contributed by atoms with Gasteiger partial charge in [0.25, 0.3) is 0 Å². The fourth-order valence-electron chi connectivity index (χ4n) is 0.753. The number of hydrogen-bond acceptors (Lipinski definition) is 2. The van der Waals surface area contributed by atoms with Gasteiger partial charge in [0.2, 0.25) is 0 Å². The molecule has 0 aromatic rings. The van der Waals surface area contributed by atoms with Gasteiger partial charge in [-0.25, -0.2) is 0 Å². The maximum atomic E-state index is 9.43. The van der Waals surface area contributed by atoms with E-state index in [1.54, 1.807) is 13.0 Å². The van der Waals surface area contributed by atoms with Gasteiger partial charge in [0.15, 0.2) is 0 Å². The fraction of sp³-hybridized carbons (Fsp3) is 0.778. The molecule has 0 heterocycles. The van der Waals surface area contributed by atoms with E-state index in [0.29, 0.717) is 12.3 Å². The van der Waals surface area contributed by atoms with Crippen molar-refractivity contribution in [3.05, 3.63) is 0 Å². The van der Waals surface area contributed by atoms with E-state index in [-0.39, 0.29) is 0 Å². The number of hydrogen-bond donors (Lipinski definition) is 2. The van der Waals surface area contributed by atoms with Crippen LogP contribution in [-0.2, 0) is 0 Å². The summed E-state index contributed by atoms with van der Waals surface area (Å²) in [4.78, 5) is 0. The predicted octanol–water partition coefficient (Wildman–Crippen LogP) is 1.51. The lowest BCUT2D eigenvalue weighted by atomic mass is 9.96. The lowest BCUT2D eigenvalue weighted by molar-refractivity contribution is 0.104. The maximum Gasteiger partial charge on any atom is 0.126 e. The summed E-state index contributed by atoms with van der Waals surface area (Å²) in [5.41, 5.74) is -1.03. The highest BCUT2D eigenvalue weighted by Gasteiger charge is 2.16. The highest BCUT2D eigenvalue weighted by atomic mass is 16.3. The first-order valence-electron chi connectivity index (χ1n) is 3.86. The molecule has 2 N–H and O–H groups in total. The van der Waals surface area contributed by atoms with E-state index in [4.69, 9.17) is 5.11 Å². The topological polar surface area (TPSA) is 40.5 Å². The first-order chi connectivity index (χ1) is 4.98. The Hall–Kier alpha value is -0.680. The molecule has 0 aliphatic rings. The molecule has 1 atom stereocenters. The molecule has 1 unspecified atom stereocenters. The van der Waals surface area contributed by atoms with Crippen LogP contribution in [0.1, 0.15) is 33.6 Å². The third-order valence-corrected chi connectivity index (χ3v) is 1.53. The molecule has 0 saturated carbocycles. The second-order valence-electron chi connectivity index (χ2n) is 3.44. The second kappa shape index (κ2) is 4.25. The zero-order valence-corrected chi connectivity index (χ0v) is 7.39. The SMILES string of the molecule is CC(C)CCC(C)(O)C#CO. The average Bonchev–Trinajstić information content (AvgIpc) is 1.84. The molecule has 2 heteroatoms. The Morgan fingerprint density at radius 3 is 2.36 bits per heavy atom. The van der Waals surface area contributed by atoms with E-state index in [1.165, 1.54) is 0 Å². The zero-order valence-electron chi connectivity index (χ0n) is 7.39. The molecule has 2 nitrogen and oxygen atoms in total. The van der Waals surface area contributed by atoms with Crippen molar-refractivity contribution in [1.29, 1.82) is 0 Å². The molecule has 0 aliphatic heterocycles. The van der Waals surface area contributed by atoms with E-state index < -0.39 is 5.60 Å². The normalized spacial score (nSPS) is 15.4. The summed E-state index contributed by atoms with van der Waals surface area (Å²) in [6, 6.07) is 0. The first-order valence-corrected chi connectivity index (χ1v) is 3.86. The average molecular weight is 156 g/mol. The van der Waals surface area contributed by atoms with Crippen molar-refractivity contribution in [2.45, 2.75) is 39.2 Å². The minimum atomic E-state index is -1.03. The van der Waals surface area contributed by atoms with Gasteiger partial charge in [0, 0.05) is 0 Å². The highest BCUT2D eigenvalue weighted by Crippen LogP contribution is 2.14. The third kappa shape index (κ3) is 5.75. The Kier molecular flexibility index (Phi) is 3.99. The van der Waals surface area contributed by atoms with Crippen LogP contribution in [0, 0.1) is 17.9 Å². The van der Waals surface area contributed by atoms with Crippen LogP contribution < -0.4 is 0 Å². The third-order valence-electron chi connectivity index (χ3n) is 1.53. The van der Waals surface area contributed by atoms with Crippen molar-refractivity contribution in [3.63, 3.8) is 0 Å². The molecule has 0 rings (SSSR count). The summed E-state index contributed by atoms with van der Waals surface area (Å²) >= 11 is 0. The number of aliphatic hydroxyl groups is 2. The molecule has 0 radical (unpaired) electrons. The Bertz CT molecular complexity index is 160. The Morgan fingerprint density at radius 1 is 1.45 bits per heavy atom. The number of rotatable bonds is 3. The minimum absolute atomic E-state index is 0.557. The van der Waals surface area contributed by atoms with E-state index in [1.807, 2.05) is 0 Å². The standard InChI is InChI=1S/C9H16O2/c1-8(2)4-5-9(3,11)6-7-10/h8,10-11H,4-5H2,1-3H3. The summed E-state index contributed by atoms with van der Waals surface area (Å²) in [6.07, 6.45) is 3.26. The van der Waals surface area contributed by atoms with Gasteiger partial charge in [0.05, 0.1) is 0 Å². The minimum Gasteiger partial charge on any atom is -0.462 e. The van der Waals surface area contributed by atoms with Crippen LogP contribution in [0.25, 0.3) is 0 Å². The summed E-state index contributed by atoms with van der Waals surface area (Å²) < 4.78 is 0. The van der Waals surface area contributed by atoms with Crippen molar-refractivity contribution in [3.8, 4) is 12.0 Å². The van der Waals surface area contributed by atoms with Gasteiger partial charge in [-0.15, -0.1) is 0 Å². The summed E-state index contributed by atoms with van der Waals surface area (Å²) in [5.74, 6) is 2.90. The molecule has 0 saturated heterocycles. The van der Waals surface area contributed by atoms with Crippen molar-refractivity contribution in [2.24, 2.45) is 5.92 Å². The van der Waals surface area contributed by atoms with Crippen LogP contribution in [0.2, 0.25) is 0 Å². The van der Waals surface area contributed by atoms with Crippen LogP contribution in [0.4, 0.5) is 0 Å². The lowest BCUT2D eigenvalue weighted by Gasteiger charge is -2.16. The Morgan fingerprint density at radius 2 is 2.00 bits per heavy atom. The molecule has 64 valence electrons. The van der Waals surface area contributed by atoms with Crippen molar-refractivity contribution < 1.29 is 10.2 Å². The summed E-state index contributed by atoms with van der Waals surface area (Å²) in [7, 11) is 0. The van der Waals surface area contributed by atoms with Crippen molar-refractivity contribution in [2.75, 3.05) is 0 Å². The molecule has 0 fully saturated rings. The van der Waals surface area contributed by atoms with Crippen LogP contribution in [0.3, 0.4) is 0 Å². The molecule has 0 aromatic carbocycles. The van der Waals surface area contributed by atoms with E-state index in [0.717, 1.165) is 6.42 Å². The van der Waals surface area contributed by atoms with Crippen molar-refractivity contribution in [1.82, 2.24) is 0 Å². The quantitative estimate of drug-likeness (QED) is 0.608. The Labute approximate surface area is 68.2 Å². The smallest absolute Gasteiger partial charge is 0.126 e. The van der Waals surface area contributed by atoms with Crippen LogP contribution in [0.15, 0.2) is 0 Å². The van der Waals surface area contributed by atoms with Gasteiger partial charge in [0.1, 0.15) is 11.7 Å². The second-order valence-corrected chi connectivity index (χ2v) is 3.44. The van der Waals surface area contributed by atoms with Gasteiger partial charge in [-0.3, -0.25) is 0 Å². The Balaban J connectivity index is 3.79. The number of aliphatic hydroxyl groups excluding tert-OH is 1. The molecular formula is C9H16O2. The molecule has 11 heavy (non-hydrogen) atoms. The van der Waals surface area contributed by atoms with E-state index in [9.17, 15) is 5.11 Å². The van der Waals surface area contributed by atoms with E-state index >= 15 is 0 Å². The highest BCUT2D eigenvalue weighted by molar-refractivity contribution is 5.07. The molecule has 0 spiro atoms. The van der Waals surface area contributed by atoms with E-state index in [2.05, 4.69) is 19.8 Å². The van der Waals surface area contributed by atoms with Gasteiger partial charge in [-0.2, -0.15) is 0 Å². The summed E-state index contributed by atoms with van der Waals surface area (Å²) in [5, 5.41) is 17.7. The monoisotopic (exact) mass is 156 g/mol. The summed E-state index contributed by atoms with van der Waals surface area (Å²) in [6.45, 7) is 5.78. The van der Waals surface area contributed by atoms with Crippen molar-refractivity contribution >= 4 is 0 Å². The first kappa shape index (κ1) is 10.3. The predicted molar refractivity (Wildman–Crippen MR) is 44.4 cm³/mol. The molecule has 0 amide bonds.